The van der Waals surface area contributed by atoms with E-state index in [0.29, 0.717) is 0 Å². The van der Waals surface area contributed by atoms with Crippen molar-refractivity contribution in [3.05, 3.63) is 12.2 Å². The molecule has 84 valence electrons. The first kappa shape index (κ1) is 13.7. The number of hydrogen-bond donors (Lipinski definition) is 0. The van der Waals surface area contributed by atoms with Crippen molar-refractivity contribution in [1.29, 1.82) is 0 Å². The van der Waals surface area contributed by atoms with Gasteiger partial charge in [-0.2, -0.15) is 0 Å². The summed E-state index contributed by atoms with van der Waals surface area (Å²) in [7, 11) is 2.38. The molecule has 0 aliphatic heterocycles. The van der Waals surface area contributed by atoms with E-state index in [-0.39, 0.29) is 0 Å². The zero-order valence-corrected chi connectivity index (χ0v) is 10.6. The van der Waals surface area contributed by atoms with E-state index in [1.165, 1.54) is 48.8 Å². The Morgan fingerprint density at radius 3 is 1.79 bits per heavy atom. The molecule has 0 aromatic rings. The first-order valence-corrected chi connectivity index (χ1v) is 6.02. The Balaban J connectivity index is 4.09. The monoisotopic (exact) mass is 198 g/mol. The zero-order valence-electron chi connectivity index (χ0n) is 10.6. The van der Waals surface area contributed by atoms with Crippen LogP contribution in [-0.4, -0.2) is 31.2 Å². The van der Waals surface area contributed by atoms with Gasteiger partial charge in [-0.3, -0.25) is 0 Å². The van der Waals surface area contributed by atoms with Crippen molar-refractivity contribution in [2.75, 3.05) is 26.7 Å². The molecule has 0 aromatic heterocycles. The quantitative estimate of drug-likeness (QED) is 0.413. The highest BCUT2D eigenvalue weighted by molar-refractivity contribution is 4.87. The maximum atomic E-state index is 4.04. The molecule has 1 nitrogen and oxygen atoms in total. The molecule has 1 heteroatoms. The van der Waals surface area contributed by atoms with Crippen LogP contribution >= 0.6 is 0 Å². The van der Waals surface area contributed by atoms with E-state index in [1.807, 2.05) is 0 Å². The molecule has 0 spiro atoms. The van der Waals surface area contributed by atoms with Crippen molar-refractivity contribution in [1.82, 2.24) is 0 Å². The molecule has 0 aliphatic rings. The second-order valence-electron chi connectivity index (χ2n) is 4.89. The van der Waals surface area contributed by atoms with E-state index in [1.54, 1.807) is 0 Å². The summed E-state index contributed by atoms with van der Waals surface area (Å²) in [4.78, 5) is 0. The van der Waals surface area contributed by atoms with Crippen LogP contribution in [0.3, 0.4) is 0 Å². The van der Waals surface area contributed by atoms with E-state index in [9.17, 15) is 0 Å². The first-order valence-electron chi connectivity index (χ1n) is 6.02. The van der Waals surface area contributed by atoms with E-state index >= 15 is 0 Å². The van der Waals surface area contributed by atoms with Crippen molar-refractivity contribution in [2.24, 2.45) is 0 Å². The number of nitrogens with zero attached hydrogens (tertiary/aromatic N) is 1. The van der Waals surface area contributed by atoms with Crippen molar-refractivity contribution in [2.45, 2.75) is 46.5 Å². The summed E-state index contributed by atoms with van der Waals surface area (Å²) in [5, 5.41) is 0. The van der Waals surface area contributed by atoms with E-state index in [2.05, 4.69) is 34.4 Å². The van der Waals surface area contributed by atoms with Gasteiger partial charge in [0.25, 0.3) is 0 Å². The second kappa shape index (κ2) is 7.05. The van der Waals surface area contributed by atoms with E-state index in [4.69, 9.17) is 0 Å². The van der Waals surface area contributed by atoms with E-state index < -0.39 is 0 Å². The third-order valence-corrected chi connectivity index (χ3v) is 2.75. The van der Waals surface area contributed by atoms with Crippen molar-refractivity contribution in [3.8, 4) is 0 Å². The largest absolute Gasteiger partial charge is 0.323 e. The summed E-state index contributed by atoms with van der Waals surface area (Å²) < 4.78 is 1.19. The Labute approximate surface area is 90.4 Å². The SMILES string of the molecule is C=C(C)C[N+](C)(CCCC)CCCC. The molecule has 0 atom stereocenters. The smallest absolute Gasteiger partial charge is 0.0995 e. The third kappa shape index (κ3) is 6.20. The number of rotatable bonds is 8. The summed E-state index contributed by atoms with van der Waals surface area (Å²) in [5.74, 6) is 0. The number of quaternary nitrogens is 1. The Morgan fingerprint density at radius 1 is 1.07 bits per heavy atom. The van der Waals surface area contributed by atoms with Gasteiger partial charge in [0.2, 0.25) is 0 Å². The molecule has 0 rings (SSSR count). The number of unbranched alkanes of at least 4 members (excludes halogenated alkanes) is 2. The van der Waals surface area contributed by atoms with Gasteiger partial charge in [0.15, 0.2) is 0 Å². The van der Waals surface area contributed by atoms with Gasteiger partial charge < -0.3 is 4.48 Å². The van der Waals surface area contributed by atoms with Crippen LogP contribution in [0.25, 0.3) is 0 Å². The minimum absolute atomic E-state index is 1.15. The van der Waals surface area contributed by atoms with Gasteiger partial charge in [-0.25, -0.2) is 0 Å². The molecule has 0 unspecified atom stereocenters. The van der Waals surface area contributed by atoms with Crippen LogP contribution in [0.5, 0.6) is 0 Å². The lowest BCUT2D eigenvalue weighted by molar-refractivity contribution is -0.905. The van der Waals surface area contributed by atoms with Gasteiger partial charge in [0.05, 0.1) is 26.7 Å². The van der Waals surface area contributed by atoms with Crippen molar-refractivity contribution in [3.63, 3.8) is 0 Å². The van der Waals surface area contributed by atoms with Gasteiger partial charge in [-0.1, -0.05) is 33.3 Å². The standard InChI is InChI=1S/C13H28N/c1-6-8-10-14(5,11-9-7-2)12-13(3)4/h3,6-12H2,1-2,4-5H3/q+1. The topological polar surface area (TPSA) is 0 Å². The fourth-order valence-corrected chi connectivity index (χ4v) is 2.00. The molecule has 0 heterocycles. The lowest BCUT2D eigenvalue weighted by Crippen LogP contribution is -2.46. The maximum Gasteiger partial charge on any atom is 0.0995 e. The Morgan fingerprint density at radius 2 is 1.50 bits per heavy atom. The van der Waals surface area contributed by atoms with E-state index in [0.717, 1.165) is 6.54 Å². The van der Waals surface area contributed by atoms with Gasteiger partial charge in [0, 0.05) is 0 Å². The highest BCUT2D eigenvalue weighted by Crippen LogP contribution is 2.11. The molecule has 0 radical (unpaired) electrons. The summed E-state index contributed by atoms with van der Waals surface area (Å²) in [6.45, 7) is 14.5. The third-order valence-electron chi connectivity index (χ3n) is 2.75. The average molecular weight is 198 g/mol. The highest BCUT2D eigenvalue weighted by atomic mass is 15.3. The average Bonchev–Trinajstić information content (AvgIpc) is 2.11. The lowest BCUT2D eigenvalue weighted by atomic mass is 10.2. The molecule has 0 fully saturated rings. The Bertz CT molecular complexity index is 153. The molecule has 0 saturated heterocycles. The predicted octanol–water partition coefficient (Wildman–Crippen LogP) is 3.61. The second-order valence-corrected chi connectivity index (χ2v) is 4.89. The van der Waals surface area contributed by atoms with Gasteiger partial charge >= 0.3 is 0 Å². The number of likely N-dealkylation sites (N-methyl/N-ethyl adjacent to an activating group) is 1. The van der Waals surface area contributed by atoms with Crippen LogP contribution in [-0.2, 0) is 0 Å². The summed E-state index contributed by atoms with van der Waals surface area (Å²) in [5.41, 5.74) is 1.32. The molecule has 0 aromatic carbocycles. The minimum atomic E-state index is 1.15. The van der Waals surface area contributed by atoms with Crippen LogP contribution in [0.4, 0.5) is 0 Å². The molecular weight excluding hydrogens is 170 g/mol. The van der Waals surface area contributed by atoms with Crippen LogP contribution in [0, 0.1) is 0 Å². The van der Waals surface area contributed by atoms with Crippen molar-refractivity contribution < 1.29 is 4.48 Å². The van der Waals surface area contributed by atoms with Crippen LogP contribution in [0.1, 0.15) is 46.5 Å². The zero-order chi connectivity index (χ0) is 11.0. The predicted molar refractivity (Wildman–Crippen MR) is 65.4 cm³/mol. The van der Waals surface area contributed by atoms with Crippen molar-refractivity contribution >= 4 is 0 Å². The molecule has 0 bridgehead atoms. The van der Waals surface area contributed by atoms with Gasteiger partial charge in [0.1, 0.15) is 0 Å². The maximum absolute atomic E-state index is 4.04. The summed E-state index contributed by atoms with van der Waals surface area (Å²) in [6, 6.07) is 0. The molecule has 0 saturated carbocycles. The fraction of sp³-hybridized carbons (Fsp3) is 0.846. The summed E-state index contributed by atoms with van der Waals surface area (Å²) in [6.07, 6.45) is 5.29. The minimum Gasteiger partial charge on any atom is -0.323 e. The summed E-state index contributed by atoms with van der Waals surface area (Å²) >= 11 is 0. The van der Waals surface area contributed by atoms with Crippen LogP contribution < -0.4 is 0 Å². The van der Waals surface area contributed by atoms with Crippen LogP contribution in [0.2, 0.25) is 0 Å². The Hall–Kier alpha value is -0.300. The number of hydrogen-bond acceptors (Lipinski definition) is 0. The lowest BCUT2D eigenvalue weighted by Gasteiger charge is -2.35. The molecular formula is C13H28N+. The normalized spacial score (nSPS) is 11.7. The first-order chi connectivity index (χ1) is 6.54. The molecule has 0 amide bonds. The highest BCUT2D eigenvalue weighted by Gasteiger charge is 2.19. The van der Waals surface area contributed by atoms with Crippen LogP contribution in [0.15, 0.2) is 12.2 Å². The molecule has 14 heavy (non-hydrogen) atoms. The molecule has 0 N–H and O–H groups in total. The molecule has 0 aliphatic carbocycles. The van der Waals surface area contributed by atoms with Gasteiger partial charge in [-0.15, -0.1) is 0 Å². The fourth-order valence-electron chi connectivity index (χ4n) is 2.00. The Kier molecular flexibility index (Phi) is 6.90. The van der Waals surface area contributed by atoms with Gasteiger partial charge in [-0.05, 0) is 25.3 Å².